The van der Waals surface area contributed by atoms with Crippen molar-refractivity contribution in [3.05, 3.63) is 71.9 Å². The Labute approximate surface area is 208 Å². The molecule has 1 saturated heterocycles. The Balaban J connectivity index is 2.09. The maximum absolute atomic E-state index is 14.3. The van der Waals surface area contributed by atoms with Gasteiger partial charge in [-0.15, -0.1) is 11.8 Å². The molecule has 0 aliphatic carbocycles. The zero-order chi connectivity index (χ0) is 25.2. The van der Waals surface area contributed by atoms with Gasteiger partial charge in [0.2, 0.25) is 10.0 Å². The number of carbonyl (C=O) groups is 2. The Bertz CT molecular complexity index is 1340. The van der Waals surface area contributed by atoms with Crippen LogP contribution in [0.15, 0.2) is 65.6 Å². The number of carbonyl (C=O) groups excluding carboxylic acids is 2. The highest BCUT2D eigenvalue weighted by Gasteiger charge is 2.45. The highest BCUT2D eigenvalue weighted by atomic mass is 32.2. The van der Waals surface area contributed by atoms with Gasteiger partial charge in [-0.2, -0.15) is 4.31 Å². The fourth-order valence-corrected chi connectivity index (χ4v) is 7.73. The lowest BCUT2D eigenvalue weighted by Gasteiger charge is -2.22. The number of methoxy groups -OCH3 is 1. The number of hydrogen-bond acceptors (Lipinski definition) is 7. The van der Waals surface area contributed by atoms with Gasteiger partial charge in [-0.1, -0.05) is 48.5 Å². The van der Waals surface area contributed by atoms with Gasteiger partial charge in [0.05, 0.1) is 19.4 Å². The molecule has 1 atom stereocenters. The minimum atomic E-state index is -4.34. The average molecular weight is 515 g/mol. The fraction of sp³-hybridized carbons (Fsp3) is 0.280. The van der Waals surface area contributed by atoms with E-state index in [1.165, 1.54) is 18.9 Å². The molecule has 2 aromatic carbocycles. The SMILES string of the molecule is CCOC(=O)c1c(S(=O)(=O)N2CCS[C@@H]2C(=O)OC)c(-c2ccccc2)n(-c2ccccc2)c1C. The highest BCUT2D eigenvalue weighted by Crippen LogP contribution is 2.41. The van der Waals surface area contributed by atoms with Crippen molar-refractivity contribution in [3.8, 4) is 16.9 Å². The smallest absolute Gasteiger partial charge is 0.341 e. The number of para-hydroxylation sites is 1. The standard InChI is InChI=1S/C25H26N2O6S2/c1-4-33-24(28)20-17(2)27(19-13-9-6-10-14-19)21(18-11-7-5-8-12-18)22(20)35(30,31)26-15-16-34-23(26)25(29)32-3/h5-14,23H,4,15-16H2,1-3H3/t23-/m1/s1. The summed E-state index contributed by atoms with van der Waals surface area (Å²) in [5.74, 6) is -0.974. The molecule has 0 radical (unpaired) electrons. The fourth-order valence-electron chi connectivity index (χ4n) is 4.22. The minimum Gasteiger partial charge on any atom is -0.467 e. The summed E-state index contributed by atoms with van der Waals surface area (Å²) in [6, 6.07) is 18.2. The summed E-state index contributed by atoms with van der Waals surface area (Å²) >= 11 is 1.19. The third-order valence-electron chi connectivity index (χ3n) is 5.72. The molecule has 0 bridgehead atoms. The van der Waals surface area contributed by atoms with Crippen LogP contribution in [0.1, 0.15) is 23.0 Å². The number of nitrogens with zero attached hydrogens (tertiary/aromatic N) is 2. The molecule has 10 heteroatoms. The molecule has 2 heterocycles. The largest absolute Gasteiger partial charge is 0.467 e. The van der Waals surface area contributed by atoms with Crippen LogP contribution < -0.4 is 0 Å². The molecule has 1 aliphatic heterocycles. The van der Waals surface area contributed by atoms with Gasteiger partial charge < -0.3 is 14.0 Å². The van der Waals surface area contributed by atoms with Crippen LogP contribution in [0.4, 0.5) is 0 Å². The predicted molar refractivity (Wildman–Crippen MR) is 134 cm³/mol. The van der Waals surface area contributed by atoms with Crippen LogP contribution in [0.5, 0.6) is 0 Å². The van der Waals surface area contributed by atoms with Crippen molar-refractivity contribution in [1.29, 1.82) is 0 Å². The molecule has 0 saturated carbocycles. The number of thioether (sulfide) groups is 1. The quantitative estimate of drug-likeness (QED) is 0.442. The van der Waals surface area contributed by atoms with E-state index in [0.29, 0.717) is 28.4 Å². The summed E-state index contributed by atoms with van der Waals surface area (Å²) < 4.78 is 41.6. The normalized spacial score (nSPS) is 16.3. The molecule has 1 aromatic heterocycles. The van der Waals surface area contributed by atoms with E-state index in [4.69, 9.17) is 9.47 Å². The molecule has 3 aromatic rings. The van der Waals surface area contributed by atoms with Crippen molar-refractivity contribution in [1.82, 2.24) is 8.87 Å². The zero-order valence-electron chi connectivity index (χ0n) is 19.6. The molecule has 0 spiro atoms. The van der Waals surface area contributed by atoms with Gasteiger partial charge in [-0.25, -0.2) is 18.0 Å². The van der Waals surface area contributed by atoms with Crippen LogP contribution in [0, 0.1) is 6.92 Å². The summed E-state index contributed by atoms with van der Waals surface area (Å²) in [6.45, 7) is 3.55. The van der Waals surface area contributed by atoms with E-state index in [1.54, 1.807) is 42.7 Å². The van der Waals surface area contributed by atoms with Crippen LogP contribution in [0.2, 0.25) is 0 Å². The third-order valence-corrected chi connectivity index (χ3v) is 8.96. The molecule has 1 aliphatic rings. The van der Waals surface area contributed by atoms with E-state index < -0.39 is 27.3 Å². The summed E-state index contributed by atoms with van der Waals surface area (Å²) in [4.78, 5) is 25.5. The minimum absolute atomic E-state index is 0.0462. The monoisotopic (exact) mass is 514 g/mol. The maximum atomic E-state index is 14.3. The van der Waals surface area contributed by atoms with E-state index >= 15 is 0 Å². The van der Waals surface area contributed by atoms with Crippen LogP contribution >= 0.6 is 11.8 Å². The van der Waals surface area contributed by atoms with Gasteiger partial charge in [0, 0.05) is 23.7 Å². The molecule has 0 N–H and O–H groups in total. The second-order valence-electron chi connectivity index (χ2n) is 7.76. The van der Waals surface area contributed by atoms with Crippen molar-refractivity contribution in [2.45, 2.75) is 24.1 Å². The van der Waals surface area contributed by atoms with E-state index in [2.05, 4.69) is 0 Å². The first-order valence-electron chi connectivity index (χ1n) is 11.1. The first kappa shape index (κ1) is 25.0. The molecule has 4 rings (SSSR count). The molecule has 0 unspecified atom stereocenters. The summed E-state index contributed by atoms with van der Waals surface area (Å²) in [5.41, 5.74) is 2.01. The van der Waals surface area contributed by atoms with Crippen molar-refractivity contribution >= 4 is 33.7 Å². The molecule has 8 nitrogen and oxygen atoms in total. The molecular weight excluding hydrogens is 488 g/mol. The van der Waals surface area contributed by atoms with Gasteiger partial charge in [0.25, 0.3) is 0 Å². The van der Waals surface area contributed by atoms with Crippen LogP contribution in [0.25, 0.3) is 16.9 Å². The van der Waals surface area contributed by atoms with Crippen LogP contribution in [0.3, 0.4) is 0 Å². The van der Waals surface area contributed by atoms with Gasteiger partial charge >= 0.3 is 11.9 Å². The van der Waals surface area contributed by atoms with E-state index in [1.807, 2.05) is 36.4 Å². The van der Waals surface area contributed by atoms with Gasteiger partial charge in [0.15, 0.2) is 5.37 Å². The molecule has 1 fully saturated rings. The Morgan fingerprint density at radius 1 is 1.06 bits per heavy atom. The number of ether oxygens (including phenoxy) is 2. The van der Waals surface area contributed by atoms with Crippen LogP contribution in [-0.4, -0.2) is 60.6 Å². The topological polar surface area (TPSA) is 94.9 Å². The summed E-state index contributed by atoms with van der Waals surface area (Å²) in [7, 11) is -3.11. The maximum Gasteiger partial charge on any atom is 0.341 e. The lowest BCUT2D eigenvalue weighted by molar-refractivity contribution is -0.141. The highest BCUT2D eigenvalue weighted by molar-refractivity contribution is 8.02. The molecular formula is C25H26N2O6S2. The number of sulfonamides is 1. The van der Waals surface area contributed by atoms with E-state index in [9.17, 15) is 18.0 Å². The third kappa shape index (κ3) is 4.49. The van der Waals surface area contributed by atoms with E-state index in [-0.39, 0.29) is 23.6 Å². The van der Waals surface area contributed by atoms with E-state index in [0.717, 1.165) is 4.31 Å². The Morgan fingerprint density at radius 3 is 2.29 bits per heavy atom. The number of benzene rings is 2. The first-order valence-corrected chi connectivity index (χ1v) is 13.6. The lowest BCUT2D eigenvalue weighted by atomic mass is 10.1. The number of esters is 2. The van der Waals surface area contributed by atoms with Gasteiger partial charge in [0.1, 0.15) is 10.5 Å². The summed E-state index contributed by atoms with van der Waals surface area (Å²) in [5, 5.41) is -1.04. The Hall–Kier alpha value is -3.08. The molecule has 184 valence electrons. The number of hydrogen-bond donors (Lipinski definition) is 0. The predicted octanol–water partition coefficient (Wildman–Crippen LogP) is 3.87. The van der Waals surface area contributed by atoms with Crippen molar-refractivity contribution in [3.63, 3.8) is 0 Å². The van der Waals surface area contributed by atoms with Crippen molar-refractivity contribution < 1.29 is 27.5 Å². The summed E-state index contributed by atoms with van der Waals surface area (Å²) in [6.07, 6.45) is 0. The Morgan fingerprint density at radius 2 is 1.69 bits per heavy atom. The zero-order valence-corrected chi connectivity index (χ0v) is 21.3. The van der Waals surface area contributed by atoms with Crippen molar-refractivity contribution in [2.24, 2.45) is 0 Å². The first-order chi connectivity index (χ1) is 16.8. The Kier molecular flexibility index (Phi) is 7.34. The number of aromatic nitrogens is 1. The average Bonchev–Trinajstić information content (AvgIpc) is 3.49. The molecule has 35 heavy (non-hydrogen) atoms. The number of rotatable bonds is 7. The van der Waals surface area contributed by atoms with Gasteiger partial charge in [-0.05, 0) is 31.5 Å². The molecule has 0 amide bonds. The second kappa shape index (κ2) is 10.3. The van der Waals surface area contributed by atoms with Gasteiger partial charge in [-0.3, -0.25) is 0 Å². The van der Waals surface area contributed by atoms with Crippen molar-refractivity contribution in [2.75, 3.05) is 26.0 Å². The van der Waals surface area contributed by atoms with Crippen LogP contribution in [-0.2, 0) is 24.3 Å². The lowest BCUT2D eigenvalue weighted by Crippen LogP contribution is -2.40. The second-order valence-corrected chi connectivity index (χ2v) is 10.8.